The standard InChI is InChI=1S/C15H27NOS/c1-6-17-14(15(2,3)4)13(16-5)8-7-12-9-10-18-11-12/h9-11,13-14,16H,6-8H2,1-5H3. The van der Waals surface area contributed by atoms with Crippen molar-refractivity contribution in [2.45, 2.75) is 52.7 Å². The molecule has 0 radical (unpaired) electrons. The largest absolute Gasteiger partial charge is 0.376 e. The van der Waals surface area contributed by atoms with Gasteiger partial charge in [0.1, 0.15) is 0 Å². The highest BCUT2D eigenvalue weighted by atomic mass is 32.1. The Morgan fingerprint density at radius 1 is 1.39 bits per heavy atom. The minimum absolute atomic E-state index is 0.165. The van der Waals surface area contributed by atoms with Crippen molar-refractivity contribution in [3.63, 3.8) is 0 Å². The van der Waals surface area contributed by atoms with E-state index in [1.165, 1.54) is 5.56 Å². The highest BCUT2D eigenvalue weighted by Gasteiger charge is 2.31. The molecule has 3 heteroatoms. The van der Waals surface area contributed by atoms with E-state index < -0.39 is 0 Å². The Balaban J connectivity index is 2.61. The number of hydrogen-bond donors (Lipinski definition) is 1. The van der Waals surface area contributed by atoms with Crippen LogP contribution in [0.25, 0.3) is 0 Å². The average Bonchev–Trinajstić information content (AvgIpc) is 2.80. The van der Waals surface area contributed by atoms with E-state index in [1.807, 2.05) is 7.05 Å². The first-order valence-electron chi connectivity index (χ1n) is 6.79. The Morgan fingerprint density at radius 3 is 2.56 bits per heavy atom. The van der Waals surface area contributed by atoms with E-state index in [0.29, 0.717) is 6.04 Å². The number of ether oxygens (including phenoxy) is 1. The van der Waals surface area contributed by atoms with Crippen molar-refractivity contribution in [1.29, 1.82) is 0 Å². The third-order valence-electron chi connectivity index (χ3n) is 3.26. The number of likely N-dealkylation sites (N-methyl/N-ethyl adjacent to an activating group) is 1. The molecule has 0 aliphatic rings. The van der Waals surface area contributed by atoms with E-state index in [1.54, 1.807) is 11.3 Å². The molecule has 0 aliphatic carbocycles. The number of hydrogen-bond acceptors (Lipinski definition) is 3. The van der Waals surface area contributed by atoms with Gasteiger partial charge in [-0.15, -0.1) is 0 Å². The fraction of sp³-hybridized carbons (Fsp3) is 0.733. The van der Waals surface area contributed by atoms with Gasteiger partial charge in [-0.05, 0) is 54.6 Å². The van der Waals surface area contributed by atoms with E-state index in [0.717, 1.165) is 19.4 Å². The SMILES string of the molecule is CCOC(C(CCc1ccsc1)NC)C(C)(C)C. The van der Waals surface area contributed by atoms with Crippen LogP contribution >= 0.6 is 11.3 Å². The quantitative estimate of drug-likeness (QED) is 0.814. The third kappa shape index (κ3) is 4.71. The molecule has 2 atom stereocenters. The van der Waals surface area contributed by atoms with Gasteiger partial charge in [0, 0.05) is 12.6 Å². The minimum atomic E-state index is 0.165. The summed E-state index contributed by atoms with van der Waals surface area (Å²) in [7, 11) is 2.04. The van der Waals surface area contributed by atoms with Gasteiger partial charge < -0.3 is 10.1 Å². The monoisotopic (exact) mass is 269 g/mol. The van der Waals surface area contributed by atoms with Gasteiger partial charge in [-0.1, -0.05) is 20.8 Å². The zero-order chi connectivity index (χ0) is 13.6. The van der Waals surface area contributed by atoms with Crippen molar-refractivity contribution in [3.05, 3.63) is 22.4 Å². The van der Waals surface area contributed by atoms with Crippen LogP contribution in [-0.2, 0) is 11.2 Å². The van der Waals surface area contributed by atoms with Gasteiger partial charge in [0.15, 0.2) is 0 Å². The van der Waals surface area contributed by atoms with Crippen LogP contribution in [-0.4, -0.2) is 25.8 Å². The lowest BCUT2D eigenvalue weighted by atomic mass is 9.82. The first-order chi connectivity index (χ1) is 8.49. The van der Waals surface area contributed by atoms with Gasteiger partial charge in [-0.25, -0.2) is 0 Å². The Morgan fingerprint density at radius 2 is 2.11 bits per heavy atom. The average molecular weight is 269 g/mol. The molecule has 104 valence electrons. The molecule has 0 bridgehead atoms. The van der Waals surface area contributed by atoms with Crippen LogP contribution in [0.5, 0.6) is 0 Å². The lowest BCUT2D eigenvalue weighted by Crippen LogP contribution is -2.47. The van der Waals surface area contributed by atoms with Crippen LogP contribution in [0.2, 0.25) is 0 Å². The summed E-state index contributed by atoms with van der Waals surface area (Å²) in [5, 5.41) is 7.82. The molecule has 1 N–H and O–H groups in total. The highest BCUT2D eigenvalue weighted by Crippen LogP contribution is 2.27. The normalized spacial score (nSPS) is 15.6. The molecular formula is C15H27NOS. The predicted molar refractivity (Wildman–Crippen MR) is 80.4 cm³/mol. The van der Waals surface area contributed by atoms with Gasteiger partial charge in [-0.2, -0.15) is 11.3 Å². The summed E-state index contributed by atoms with van der Waals surface area (Å²) in [5.74, 6) is 0. The van der Waals surface area contributed by atoms with E-state index in [-0.39, 0.29) is 11.5 Å². The van der Waals surface area contributed by atoms with Crippen molar-refractivity contribution in [2.75, 3.05) is 13.7 Å². The molecule has 1 rings (SSSR count). The summed E-state index contributed by atoms with van der Waals surface area (Å²) in [6, 6.07) is 2.62. The molecule has 0 fully saturated rings. The molecule has 0 saturated heterocycles. The Hall–Kier alpha value is -0.380. The van der Waals surface area contributed by atoms with Crippen LogP contribution in [0.3, 0.4) is 0 Å². The first-order valence-corrected chi connectivity index (χ1v) is 7.73. The highest BCUT2D eigenvalue weighted by molar-refractivity contribution is 7.07. The van der Waals surface area contributed by atoms with Crippen molar-refractivity contribution < 1.29 is 4.74 Å². The molecule has 1 heterocycles. The van der Waals surface area contributed by atoms with Crippen molar-refractivity contribution in [1.82, 2.24) is 5.32 Å². The smallest absolute Gasteiger partial charge is 0.0775 e. The zero-order valence-corrected chi connectivity index (χ0v) is 13.1. The van der Waals surface area contributed by atoms with Gasteiger partial charge in [0.25, 0.3) is 0 Å². The summed E-state index contributed by atoms with van der Waals surface area (Å²) >= 11 is 1.77. The second kappa shape index (κ2) is 7.27. The first kappa shape index (κ1) is 15.7. The summed E-state index contributed by atoms with van der Waals surface area (Å²) in [6.07, 6.45) is 2.50. The second-order valence-corrected chi connectivity index (χ2v) is 6.59. The Kier molecular flexibility index (Phi) is 6.33. The fourth-order valence-electron chi connectivity index (χ4n) is 2.35. The summed E-state index contributed by atoms with van der Waals surface area (Å²) in [6.45, 7) is 9.61. The lowest BCUT2D eigenvalue weighted by molar-refractivity contribution is -0.0357. The second-order valence-electron chi connectivity index (χ2n) is 5.81. The minimum Gasteiger partial charge on any atom is -0.376 e. The molecule has 0 aliphatic heterocycles. The number of aryl methyl sites for hydroxylation is 1. The number of rotatable bonds is 7. The molecule has 2 nitrogen and oxygen atoms in total. The number of thiophene rings is 1. The van der Waals surface area contributed by atoms with Crippen molar-refractivity contribution in [3.8, 4) is 0 Å². The maximum absolute atomic E-state index is 5.97. The van der Waals surface area contributed by atoms with Crippen LogP contribution in [0, 0.1) is 5.41 Å². The van der Waals surface area contributed by atoms with Gasteiger partial charge >= 0.3 is 0 Å². The molecule has 1 aromatic heterocycles. The van der Waals surface area contributed by atoms with Crippen LogP contribution in [0.4, 0.5) is 0 Å². The predicted octanol–water partition coefficient (Wildman–Crippen LogP) is 3.72. The van der Waals surface area contributed by atoms with Crippen molar-refractivity contribution >= 4 is 11.3 Å². The molecule has 2 unspecified atom stereocenters. The topological polar surface area (TPSA) is 21.3 Å². The van der Waals surface area contributed by atoms with Gasteiger partial charge in [0.2, 0.25) is 0 Å². The van der Waals surface area contributed by atoms with Gasteiger partial charge in [0.05, 0.1) is 6.10 Å². The fourth-order valence-corrected chi connectivity index (χ4v) is 3.06. The summed E-state index contributed by atoms with van der Waals surface area (Å²) < 4.78 is 5.97. The molecule has 0 saturated carbocycles. The molecule has 18 heavy (non-hydrogen) atoms. The maximum Gasteiger partial charge on any atom is 0.0775 e. The Labute approximate surface area is 116 Å². The third-order valence-corrected chi connectivity index (χ3v) is 3.99. The van der Waals surface area contributed by atoms with Crippen LogP contribution in [0.15, 0.2) is 16.8 Å². The van der Waals surface area contributed by atoms with E-state index in [9.17, 15) is 0 Å². The molecular weight excluding hydrogens is 242 g/mol. The lowest BCUT2D eigenvalue weighted by Gasteiger charge is -2.36. The van der Waals surface area contributed by atoms with Crippen LogP contribution < -0.4 is 5.32 Å². The van der Waals surface area contributed by atoms with E-state index in [4.69, 9.17) is 4.74 Å². The van der Waals surface area contributed by atoms with Crippen LogP contribution in [0.1, 0.15) is 39.7 Å². The molecule has 0 amide bonds. The molecule has 1 aromatic rings. The summed E-state index contributed by atoms with van der Waals surface area (Å²) in [4.78, 5) is 0. The van der Waals surface area contributed by atoms with E-state index >= 15 is 0 Å². The summed E-state index contributed by atoms with van der Waals surface area (Å²) in [5.41, 5.74) is 1.60. The van der Waals surface area contributed by atoms with E-state index in [2.05, 4.69) is 49.8 Å². The zero-order valence-electron chi connectivity index (χ0n) is 12.3. The molecule has 0 aromatic carbocycles. The van der Waals surface area contributed by atoms with Crippen molar-refractivity contribution in [2.24, 2.45) is 5.41 Å². The maximum atomic E-state index is 5.97. The van der Waals surface area contributed by atoms with Gasteiger partial charge in [-0.3, -0.25) is 0 Å². The Bertz CT molecular complexity index is 316. The number of nitrogens with one attached hydrogen (secondary N) is 1. The molecule has 0 spiro atoms.